The van der Waals surface area contributed by atoms with Crippen LogP contribution in [0.3, 0.4) is 0 Å². The number of ether oxygens (including phenoxy) is 2. The van der Waals surface area contributed by atoms with Crippen LogP contribution in [0.25, 0.3) is 0 Å². The lowest BCUT2D eigenvalue weighted by Crippen LogP contribution is -2.31. The molecule has 0 aliphatic carbocycles. The number of benzene rings is 1. The van der Waals surface area contributed by atoms with Crippen LogP contribution in [-0.2, 0) is 20.4 Å². The van der Waals surface area contributed by atoms with Crippen LogP contribution in [0, 0.1) is 0 Å². The Morgan fingerprint density at radius 3 is 2.75 bits per heavy atom. The summed E-state index contributed by atoms with van der Waals surface area (Å²) in [5.74, 6) is -0.502. The van der Waals surface area contributed by atoms with Crippen molar-refractivity contribution >= 4 is 11.9 Å². The molecule has 1 aliphatic heterocycles. The quantitative estimate of drug-likeness (QED) is 0.597. The Balaban J connectivity index is 2.05. The fraction of sp³-hybridized carbons (Fsp3) is 0.389. The molecule has 1 aromatic carbocycles. The first-order valence-corrected chi connectivity index (χ1v) is 8.62. The molecule has 150 valence electrons. The van der Waals surface area contributed by atoms with Gasteiger partial charge >= 0.3 is 12.1 Å². The summed E-state index contributed by atoms with van der Waals surface area (Å²) in [6.07, 6.45) is -3.39. The SMILES string of the molecule is CCOCCOC(=O)C1=C(C)Nc2ncnn2[C@@H]1c1ccccc1C(F)(F)F. The average Bonchev–Trinajstić information content (AvgIpc) is 3.11. The number of esters is 1. The molecule has 3 rings (SSSR count). The number of carbonyl (C=O) groups is 1. The number of aromatic nitrogens is 3. The van der Waals surface area contributed by atoms with Crippen molar-refractivity contribution in [2.75, 3.05) is 25.1 Å². The lowest BCUT2D eigenvalue weighted by Gasteiger charge is -2.29. The van der Waals surface area contributed by atoms with Crippen molar-refractivity contribution in [3.8, 4) is 0 Å². The van der Waals surface area contributed by atoms with Crippen LogP contribution >= 0.6 is 0 Å². The van der Waals surface area contributed by atoms with Crippen LogP contribution in [0.15, 0.2) is 41.9 Å². The molecule has 2 aromatic rings. The minimum absolute atomic E-state index is 0.0126. The third-order valence-corrected chi connectivity index (χ3v) is 4.24. The number of carbonyl (C=O) groups excluding carboxylic acids is 1. The standard InChI is InChI=1S/C18H19F3N4O3/c1-3-27-8-9-28-16(26)14-11(2)24-17-22-10-23-25(17)15(14)12-6-4-5-7-13(12)18(19,20)21/h4-7,10,15H,3,8-9H2,1-2H3,(H,22,23,24)/t15-/m1/s1. The first kappa shape index (κ1) is 19.9. The largest absolute Gasteiger partial charge is 0.460 e. The van der Waals surface area contributed by atoms with E-state index in [9.17, 15) is 18.0 Å². The molecule has 10 heteroatoms. The summed E-state index contributed by atoms with van der Waals surface area (Å²) in [4.78, 5) is 16.7. The maximum atomic E-state index is 13.6. The highest BCUT2D eigenvalue weighted by molar-refractivity contribution is 5.92. The molecule has 0 amide bonds. The van der Waals surface area contributed by atoms with Gasteiger partial charge in [0.05, 0.1) is 17.7 Å². The Kier molecular flexibility index (Phi) is 5.68. The summed E-state index contributed by atoms with van der Waals surface area (Å²) in [5, 5.41) is 6.91. The second-order valence-electron chi connectivity index (χ2n) is 6.01. The van der Waals surface area contributed by atoms with E-state index in [4.69, 9.17) is 9.47 Å². The fourth-order valence-corrected chi connectivity index (χ4v) is 3.05. The van der Waals surface area contributed by atoms with E-state index in [1.165, 1.54) is 29.2 Å². The third-order valence-electron chi connectivity index (χ3n) is 4.24. The van der Waals surface area contributed by atoms with E-state index < -0.39 is 23.8 Å². The summed E-state index contributed by atoms with van der Waals surface area (Å²) >= 11 is 0. The fourth-order valence-electron chi connectivity index (χ4n) is 3.05. The van der Waals surface area contributed by atoms with Crippen molar-refractivity contribution in [2.24, 2.45) is 0 Å². The van der Waals surface area contributed by atoms with Crippen LogP contribution in [0.4, 0.5) is 19.1 Å². The minimum atomic E-state index is -4.60. The molecule has 1 N–H and O–H groups in total. The van der Waals surface area contributed by atoms with Crippen LogP contribution < -0.4 is 5.32 Å². The number of rotatable bonds is 6. The number of halogens is 3. The lowest BCUT2D eigenvalue weighted by molar-refractivity contribution is -0.142. The summed E-state index contributed by atoms with van der Waals surface area (Å²) in [6.45, 7) is 4.03. The number of nitrogens with one attached hydrogen (secondary N) is 1. The third kappa shape index (κ3) is 3.86. The Morgan fingerprint density at radius 1 is 1.29 bits per heavy atom. The normalized spacial score (nSPS) is 16.5. The number of anilines is 1. The number of nitrogens with zero attached hydrogens (tertiary/aromatic N) is 3. The van der Waals surface area contributed by atoms with Gasteiger partial charge in [0.2, 0.25) is 5.95 Å². The van der Waals surface area contributed by atoms with Gasteiger partial charge in [-0.05, 0) is 25.5 Å². The van der Waals surface area contributed by atoms with Gasteiger partial charge in [-0.2, -0.15) is 23.3 Å². The monoisotopic (exact) mass is 396 g/mol. The molecular weight excluding hydrogens is 377 g/mol. The van der Waals surface area contributed by atoms with Gasteiger partial charge in [-0.15, -0.1) is 0 Å². The highest BCUT2D eigenvalue weighted by Crippen LogP contribution is 2.41. The first-order chi connectivity index (χ1) is 13.3. The second kappa shape index (κ2) is 8.01. The Hall–Kier alpha value is -2.88. The zero-order valence-electron chi connectivity index (χ0n) is 15.3. The predicted octanol–water partition coefficient (Wildman–Crippen LogP) is 3.17. The van der Waals surface area contributed by atoms with Crippen LogP contribution in [-0.4, -0.2) is 40.6 Å². The average molecular weight is 396 g/mol. The first-order valence-electron chi connectivity index (χ1n) is 8.62. The van der Waals surface area contributed by atoms with E-state index in [0.717, 1.165) is 6.07 Å². The molecule has 0 spiro atoms. The molecule has 28 heavy (non-hydrogen) atoms. The second-order valence-corrected chi connectivity index (χ2v) is 6.01. The summed E-state index contributed by atoms with van der Waals surface area (Å²) in [7, 11) is 0. The van der Waals surface area contributed by atoms with E-state index >= 15 is 0 Å². The predicted molar refractivity (Wildman–Crippen MR) is 93.4 cm³/mol. The molecule has 0 saturated carbocycles. The van der Waals surface area contributed by atoms with Gasteiger partial charge < -0.3 is 14.8 Å². The van der Waals surface area contributed by atoms with Crippen molar-refractivity contribution in [2.45, 2.75) is 26.1 Å². The van der Waals surface area contributed by atoms with E-state index in [0.29, 0.717) is 12.3 Å². The molecule has 1 atom stereocenters. The smallest absolute Gasteiger partial charge is 0.416 e. The molecule has 0 radical (unpaired) electrons. The lowest BCUT2D eigenvalue weighted by atomic mass is 9.92. The maximum Gasteiger partial charge on any atom is 0.416 e. The molecule has 7 nitrogen and oxygen atoms in total. The zero-order chi connectivity index (χ0) is 20.3. The van der Waals surface area contributed by atoms with Gasteiger partial charge in [0.1, 0.15) is 19.0 Å². The molecule has 2 heterocycles. The van der Waals surface area contributed by atoms with E-state index in [-0.39, 0.29) is 30.3 Å². The number of hydrogen-bond donors (Lipinski definition) is 1. The van der Waals surface area contributed by atoms with E-state index in [2.05, 4.69) is 15.4 Å². The topological polar surface area (TPSA) is 78.3 Å². The molecule has 0 bridgehead atoms. The Labute approximate surface area is 159 Å². The maximum absolute atomic E-state index is 13.6. The van der Waals surface area contributed by atoms with Crippen molar-refractivity contribution in [1.29, 1.82) is 0 Å². The summed E-state index contributed by atoms with van der Waals surface area (Å²) in [6, 6.07) is 3.95. The zero-order valence-corrected chi connectivity index (χ0v) is 15.3. The Bertz CT molecular complexity index is 892. The number of alkyl halides is 3. The van der Waals surface area contributed by atoms with E-state index in [1.807, 2.05) is 0 Å². The van der Waals surface area contributed by atoms with Crippen LogP contribution in [0.2, 0.25) is 0 Å². The molecule has 0 unspecified atom stereocenters. The van der Waals surface area contributed by atoms with Gasteiger partial charge in [0.15, 0.2) is 0 Å². The van der Waals surface area contributed by atoms with Crippen LogP contribution in [0.5, 0.6) is 0 Å². The summed E-state index contributed by atoms with van der Waals surface area (Å²) in [5.41, 5.74) is -0.579. The van der Waals surface area contributed by atoms with Gasteiger partial charge in [0.25, 0.3) is 0 Å². The van der Waals surface area contributed by atoms with E-state index in [1.54, 1.807) is 13.8 Å². The van der Waals surface area contributed by atoms with Crippen molar-refractivity contribution in [3.63, 3.8) is 0 Å². The molecular formula is C18H19F3N4O3. The highest BCUT2D eigenvalue weighted by atomic mass is 19.4. The van der Waals surface area contributed by atoms with Gasteiger partial charge in [-0.1, -0.05) is 18.2 Å². The van der Waals surface area contributed by atoms with Crippen LogP contribution in [0.1, 0.15) is 31.0 Å². The van der Waals surface area contributed by atoms with Crippen molar-refractivity contribution in [3.05, 3.63) is 53.0 Å². The van der Waals surface area contributed by atoms with Gasteiger partial charge in [-0.3, -0.25) is 0 Å². The number of allylic oxidation sites excluding steroid dienone is 1. The molecule has 1 aliphatic rings. The number of fused-ring (bicyclic) bond motifs is 1. The van der Waals surface area contributed by atoms with Crippen molar-refractivity contribution < 1.29 is 27.4 Å². The molecule has 1 aromatic heterocycles. The van der Waals surface area contributed by atoms with Gasteiger partial charge in [0, 0.05) is 12.3 Å². The number of hydrogen-bond acceptors (Lipinski definition) is 6. The summed E-state index contributed by atoms with van der Waals surface area (Å²) < 4.78 is 52.4. The van der Waals surface area contributed by atoms with Crippen molar-refractivity contribution in [1.82, 2.24) is 14.8 Å². The molecule has 0 saturated heterocycles. The van der Waals surface area contributed by atoms with Gasteiger partial charge in [-0.25, -0.2) is 9.48 Å². The minimum Gasteiger partial charge on any atom is -0.460 e. The molecule has 0 fully saturated rings. The Morgan fingerprint density at radius 2 is 2.04 bits per heavy atom. The highest BCUT2D eigenvalue weighted by Gasteiger charge is 2.41.